The molecule has 0 aromatic rings. The van der Waals surface area contributed by atoms with Gasteiger partial charge in [0.2, 0.25) is 5.91 Å². The predicted molar refractivity (Wildman–Crippen MR) is 67.3 cm³/mol. The minimum absolute atomic E-state index is 0.320. The molecule has 1 atom stereocenters. The lowest BCUT2D eigenvalue weighted by Crippen LogP contribution is -2.40. The maximum Gasteiger partial charge on any atom is 0.266 e. The van der Waals surface area contributed by atoms with Gasteiger partial charge in [-0.3, -0.25) is 9.35 Å². The first-order valence-electron chi connectivity index (χ1n) is 5.67. The highest BCUT2D eigenvalue weighted by atomic mass is 32.2. The zero-order chi connectivity index (χ0) is 13.5. The Labute approximate surface area is 103 Å². The van der Waals surface area contributed by atoms with Gasteiger partial charge in [-0.15, -0.1) is 0 Å². The first-order chi connectivity index (χ1) is 7.76. The molecule has 2 N–H and O–H groups in total. The van der Waals surface area contributed by atoms with E-state index in [1.54, 1.807) is 6.92 Å². The molecule has 0 radical (unpaired) electrons. The molecule has 1 amide bonds. The summed E-state index contributed by atoms with van der Waals surface area (Å²) in [6.45, 7) is 7.06. The SMILES string of the molecule is C=C(C)C(=O)NC(CCCCC)CS(=O)(=O)O. The van der Waals surface area contributed by atoms with Crippen molar-refractivity contribution in [3.63, 3.8) is 0 Å². The minimum atomic E-state index is -4.08. The van der Waals surface area contributed by atoms with Crippen molar-refractivity contribution >= 4 is 16.0 Å². The topological polar surface area (TPSA) is 83.5 Å². The number of rotatable bonds is 8. The van der Waals surface area contributed by atoms with Gasteiger partial charge in [-0.2, -0.15) is 8.42 Å². The van der Waals surface area contributed by atoms with E-state index in [1.807, 2.05) is 6.92 Å². The van der Waals surface area contributed by atoms with E-state index < -0.39 is 21.9 Å². The fourth-order valence-electron chi connectivity index (χ4n) is 1.40. The average molecular weight is 263 g/mol. The molecule has 0 aromatic carbocycles. The van der Waals surface area contributed by atoms with E-state index in [2.05, 4.69) is 11.9 Å². The van der Waals surface area contributed by atoms with Crippen LogP contribution in [0.25, 0.3) is 0 Å². The lowest BCUT2D eigenvalue weighted by atomic mass is 10.1. The third-order valence-electron chi connectivity index (χ3n) is 2.29. The molecule has 17 heavy (non-hydrogen) atoms. The molecule has 0 saturated heterocycles. The molecule has 6 heteroatoms. The number of hydrogen-bond acceptors (Lipinski definition) is 3. The van der Waals surface area contributed by atoms with Gasteiger partial charge < -0.3 is 5.32 Å². The molecule has 0 rings (SSSR count). The smallest absolute Gasteiger partial charge is 0.266 e. The van der Waals surface area contributed by atoms with Crippen LogP contribution in [0, 0.1) is 0 Å². The van der Waals surface area contributed by atoms with E-state index in [-0.39, 0.29) is 5.91 Å². The average Bonchev–Trinajstić information content (AvgIpc) is 2.15. The van der Waals surface area contributed by atoms with Gasteiger partial charge in [0.25, 0.3) is 10.1 Å². The van der Waals surface area contributed by atoms with Crippen molar-refractivity contribution in [3.05, 3.63) is 12.2 Å². The quantitative estimate of drug-likeness (QED) is 0.395. The van der Waals surface area contributed by atoms with Gasteiger partial charge in [0.1, 0.15) is 0 Å². The number of carbonyl (C=O) groups excluding carboxylic acids is 1. The third kappa shape index (κ3) is 8.88. The van der Waals surface area contributed by atoms with Crippen molar-refractivity contribution in [1.29, 1.82) is 0 Å². The maximum atomic E-state index is 11.4. The molecule has 0 bridgehead atoms. The second-order valence-corrected chi connectivity index (χ2v) is 5.69. The molecule has 0 heterocycles. The highest BCUT2D eigenvalue weighted by Crippen LogP contribution is 2.06. The molecule has 0 fully saturated rings. The monoisotopic (exact) mass is 263 g/mol. The van der Waals surface area contributed by atoms with Crippen LogP contribution in [-0.2, 0) is 14.9 Å². The zero-order valence-electron chi connectivity index (χ0n) is 10.4. The Balaban J connectivity index is 4.40. The fraction of sp³-hybridized carbons (Fsp3) is 0.727. The first-order valence-corrected chi connectivity index (χ1v) is 7.28. The summed E-state index contributed by atoms with van der Waals surface area (Å²) in [6, 6.07) is -0.555. The molecule has 1 unspecified atom stereocenters. The summed E-state index contributed by atoms with van der Waals surface area (Å²) in [5.74, 6) is -0.828. The Morgan fingerprint density at radius 1 is 1.41 bits per heavy atom. The van der Waals surface area contributed by atoms with Crippen LogP contribution in [0.2, 0.25) is 0 Å². The molecule has 5 nitrogen and oxygen atoms in total. The predicted octanol–water partition coefficient (Wildman–Crippen LogP) is 1.52. The van der Waals surface area contributed by atoms with Gasteiger partial charge in [0, 0.05) is 11.6 Å². The van der Waals surface area contributed by atoms with Crippen molar-refractivity contribution in [2.24, 2.45) is 0 Å². The summed E-state index contributed by atoms with van der Waals surface area (Å²) in [4.78, 5) is 11.4. The summed E-state index contributed by atoms with van der Waals surface area (Å²) in [7, 11) is -4.08. The second-order valence-electron chi connectivity index (χ2n) is 4.20. The number of hydrogen-bond donors (Lipinski definition) is 2. The highest BCUT2D eigenvalue weighted by Gasteiger charge is 2.18. The Bertz CT molecular complexity index is 362. The van der Waals surface area contributed by atoms with E-state index in [9.17, 15) is 13.2 Å². The number of amides is 1. The van der Waals surface area contributed by atoms with Gasteiger partial charge in [0.15, 0.2) is 0 Å². The van der Waals surface area contributed by atoms with Crippen LogP contribution < -0.4 is 5.32 Å². The van der Waals surface area contributed by atoms with Gasteiger partial charge >= 0.3 is 0 Å². The second kappa shape index (κ2) is 7.45. The summed E-state index contributed by atoms with van der Waals surface area (Å²) in [5, 5.41) is 2.55. The molecule has 100 valence electrons. The Kier molecular flexibility index (Phi) is 7.06. The number of carbonyl (C=O) groups is 1. The molecule has 0 aliphatic carbocycles. The highest BCUT2D eigenvalue weighted by molar-refractivity contribution is 7.85. The Hall–Kier alpha value is -0.880. The van der Waals surface area contributed by atoms with Crippen LogP contribution in [0.3, 0.4) is 0 Å². The molecule has 0 aliphatic rings. The van der Waals surface area contributed by atoms with Crippen molar-refractivity contribution in [1.82, 2.24) is 5.32 Å². The zero-order valence-corrected chi connectivity index (χ0v) is 11.2. The first kappa shape index (κ1) is 16.1. The van der Waals surface area contributed by atoms with E-state index in [0.717, 1.165) is 19.3 Å². The summed E-state index contributed by atoms with van der Waals surface area (Å²) in [6.07, 6.45) is 3.32. The maximum absolute atomic E-state index is 11.4. The van der Waals surface area contributed by atoms with E-state index in [4.69, 9.17) is 4.55 Å². The van der Waals surface area contributed by atoms with Crippen molar-refractivity contribution in [2.75, 3.05) is 5.75 Å². The van der Waals surface area contributed by atoms with Crippen LogP contribution in [0.15, 0.2) is 12.2 Å². The molecule has 0 aliphatic heterocycles. The summed E-state index contributed by atoms with van der Waals surface area (Å²) in [5.41, 5.74) is 0.320. The van der Waals surface area contributed by atoms with E-state index in [0.29, 0.717) is 12.0 Å². The van der Waals surface area contributed by atoms with E-state index in [1.165, 1.54) is 0 Å². The fourth-order valence-corrected chi connectivity index (χ4v) is 2.16. The van der Waals surface area contributed by atoms with Crippen molar-refractivity contribution in [3.8, 4) is 0 Å². The lowest BCUT2D eigenvalue weighted by molar-refractivity contribution is -0.118. The molecule has 0 saturated carbocycles. The normalized spacial score (nSPS) is 13.1. The largest absolute Gasteiger partial charge is 0.348 e. The Morgan fingerprint density at radius 3 is 2.41 bits per heavy atom. The van der Waals surface area contributed by atoms with Crippen LogP contribution >= 0.6 is 0 Å². The number of unbranched alkanes of at least 4 members (excludes halogenated alkanes) is 2. The van der Waals surface area contributed by atoms with Crippen LogP contribution in [0.5, 0.6) is 0 Å². The van der Waals surface area contributed by atoms with Gasteiger partial charge in [0.05, 0.1) is 5.75 Å². The molecular weight excluding hydrogens is 242 g/mol. The molecule has 0 aromatic heterocycles. The van der Waals surface area contributed by atoms with Gasteiger partial charge in [-0.25, -0.2) is 0 Å². The third-order valence-corrected chi connectivity index (χ3v) is 3.11. The molecular formula is C11H21NO4S. The van der Waals surface area contributed by atoms with Crippen LogP contribution in [0.4, 0.5) is 0 Å². The van der Waals surface area contributed by atoms with Crippen molar-refractivity contribution in [2.45, 2.75) is 45.6 Å². The lowest BCUT2D eigenvalue weighted by Gasteiger charge is -2.17. The Morgan fingerprint density at radius 2 is 2.00 bits per heavy atom. The number of nitrogens with one attached hydrogen (secondary N) is 1. The summed E-state index contributed by atoms with van der Waals surface area (Å²) >= 11 is 0. The molecule has 0 spiro atoms. The van der Waals surface area contributed by atoms with Gasteiger partial charge in [-0.1, -0.05) is 32.8 Å². The summed E-state index contributed by atoms with van der Waals surface area (Å²) < 4.78 is 30.4. The van der Waals surface area contributed by atoms with Crippen LogP contribution in [-0.4, -0.2) is 30.7 Å². The van der Waals surface area contributed by atoms with Crippen LogP contribution in [0.1, 0.15) is 39.5 Å². The standard InChI is InChI=1S/C11H21NO4S/c1-4-5-6-7-10(8-17(14,15)16)12-11(13)9(2)3/h10H,2,4-8H2,1,3H3,(H,12,13)(H,14,15,16). The van der Waals surface area contributed by atoms with Gasteiger partial charge in [-0.05, 0) is 13.3 Å². The van der Waals surface area contributed by atoms with E-state index >= 15 is 0 Å². The van der Waals surface area contributed by atoms with Crippen molar-refractivity contribution < 1.29 is 17.8 Å². The minimum Gasteiger partial charge on any atom is -0.348 e.